The van der Waals surface area contributed by atoms with E-state index in [-0.39, 0.29) is 0 Å². The molecule has 5 rings (SSSR count). The van der Waals surface area contributed by atoms with Crippen LogP contribution in [0.5, 0.6) is 0 Å². The van der Waals surface area contributed by atoms with Crippen molar-refractivity contribution in [3.8, 4) is 0 Å². The van der Waals surface area contributed by atoms with Crippen LogP contribution >= 0.6 is 0 Å². The number of rotatable bonds is 3. The molecule has 19 heavy (non-hydrogen) atoms. The van der Waals surface area contributed by atoms with E-state index in [1.165, 1.54) is 38.5 Å². The van der Waals surface area contributed by atoms with E-state index < -0.39 is 0 Å². The summed E-state index contributed by atoms with van der Waals surface area (Å²) in [6, 6.07) is 0. The summed E-state index contributed by atoms with van der Waals surface area (Å²) in [7, 11) is 0. The fraction of sp³-hybridized carbons (Fsp3) is 1.00. The zero-order chi connectivity index (χ0) is 12.9. The summed E-state index contributed by atoms with van der Waals surface area (Å²) < 4.78 is 5.89. The zero-order valence-corrected chi connectivity index (χ0v) is 12.0. The van der Waals surface area contributed by atoms with Crippen molar-refractivity contribution in [2.75, 3.05) is 26.2 Å². The van der Waals surface area contributed by atoms with Crippen molar-refractivity contribution < 1.29 is 4.74 Å². The molecule has 108 valence electrons. The van der Waals surface area contributed by atoms with E-state index in [0.29, 0.717) is 11.6 Å². The quantitative estimate of drug-likeness (QED) is 0.847. The molecule has 0 aromatic heterocycles. The molecule has 1 saturated heterocycles. The van der Waals surface area contributed by atoms with E-state index >= 15 is 0 Å². The summed E-state index contributed by atoms with van der Waals surface area (Å²) in [6.07, 6.45) is 10.5. The summed E-state index contributed by atoms with van der Waals surface area (Å²) in [5.74, 6) is 3.13. The van der Waals surface area contributed by atoms with Crippen LogP contribution in [0.25, 0.3) is 0 Å². The number of nitrogens with zero attached hydrogens (tertiary/aromatic N) is 1. The van der Waals surface area contributed by atoms with Gasteiger partial charge in [-0.05, 0) is 69.2 Å². The van der Waals surface area contributed by atoms with Gasteiger partial charge >= 0.3 is 0 Å². The van der Waals surface area contributed by atoms with Crippen LogP contribution in [-0.2, 0) is 4.74 Å². The first-order valence-corrected chi connectivity index (χ1v) is 8.34. The lowest BCUT2D eigenvalue weighted by molar-refractivity contribution is -0.135. The topological polar surface area (TPSA) is 38.5 Å². The number of hydrogen-bond donors (Lipinski definition) is 1. The molecule has 1 atom stereocenters. The molecule has 1 unspecified atom stereocenters. The van der Waals surface area contributed by atoms with Crippen molar-refractivity contribution in [3.63, 3.8) is 0 Å². The highest BCUT2D eigenvalue weighted by Crippen LogP contribution is 2.57. The Kier molecular flexibility index (Phi) is 3.13. The highest BCUT2D eigenvalue weighted by molar-refractivity contribution is 5.08. The van der Waals surface area contributed by atoms with Crippen molar-refractivity contribution >= 4 is 0 Å². The Morgan fingerprint density at radius 2 is 1.68 bits per heavy atom. The van der Waals surface area contributed by atoms with Gasteiger partial charge in [0, 0.05) is 18.6 Å². The van der Waals surface area contributed by atoms with Crippen molar-refractivity contribution in [3.05, 3.63) is 0 Å². The van der Waals surface area contributed by atoms with Gasteiger partial charge in [0.05, 0.1) is 12.7 Å². The van der Waals surface area contributed by atoms with Gasteiger partial charge in [-0.1, -0.05) is 0 Å². The number of nitrogens with two attached hydrogens (primary N) is 1. The minimum absolute atomic E-state index is 0.395. The Morgan fingerprint density at radius 1 is 1.05 bits per heavy atom. The largest absolute Gasteiger partial charge is 0.376 e. The molecule has 2 N–H and O–H groups in total. The smallest absolute Gasteiger partial charge is 0.0714 e. The van der Waals surface area contributed by atoms with Crippen molar-refractivity contribution in [2.24, 2.45) is 23.5 Å². The lowest BCUT2D eigenvalue weighted by atomic mass is 9.52. The molecule has 0 radical (unpaired) electrons. The number of hydrogen-bond acceptors (Lipinski definition) is 3. The van der Waals surface area contributed by atoms with E-state index in [1.807, 2.05) is 0 Å². The summed E-state index contributed by atoms with van der Waals surface area (Å²) >= 11 is 0. The molecule has 3 nitrogen and oxygen atoms in total. The van der Waals surface area contributed by atoms with Crippen LogP contribution in [0.2, 0.25) is 0 Å². The predicted molar refractivity (Wildman–Crippen MR) is 75.9 cm³/mol. The number of morpholine rings is 1. The molecule has 1 heterocycles. The van der Waals surface area contributed by atoms with Crippen LogP contribution in [0.4, 0.5) is 0 Å². The molecule has 5 aliphatic rings. The molecule has 5 fully saturated rings. The molecule has 3 heteroatoms. The van der Waals surface area contributed by atoms with E-state index in [9.17, 15) is 0 Å². The van der Waals surface area contributed by atoms with Gasteiger partial charge in [-0.2, -0.15) is 0 Å². The lowest BCUT2D eigenvalue weighted by Crippen LogP contribution is -2.63. The van der Waals surface area contributed by atoms with Gasteiger partial charge in [0.25, 0.3) is 0 Å². The van der Waals surface area contributed by atoms with Crippen LogP contribution < -0.4 is 5.73 Å². The fourth-order valence-electron chi connectivity index (χ4n) is 5.96. The average molecular weight is 264 g/mol. The Balaban J connectivity index is 1.51. The van der Waals surface area contributed by atoms with E-state index in [4.69, 9.17) is 10.5 Å². The zero-order valence-electron chi connectivity index (χ0n) is 12.0. The van der Waals surface area contributed by atoms with E-state index in [2.05, 4.69) is 4.90 Å². The van der Waals surface area contributed by atoms with E-state index in [0.717, 1.165) is 50.4 Å². The second kappa shape index (κ2) is 4.71. The van der Waals surface area contributed by atoms with Gasteiger partial charge in [-0.15, -0.1) is 0 Å². The van der Waals surface area contributed by atoms with Crippen LogP contribution in [0.15, 0.2) is 0 Å². The van der Waals surface area contributed by atoms with Gasteiger partial charge in [-0.3, -0.25) is 4.90 Å². The first-order chi connectivity index (χ1) is 9.27. The van der Waals surface area contributed by atoms with Gasteiger partial charge in [0.2, 0.25) is 0 Å². The van der Waals surface area contributed by atoms with Gasteiger partial charge in [-0.25, -0.2) is 0 Å². The normalized spacial score (nSPS) is 49.7. The summed E-state index contributed by atoms with van der Waals surface area (Å²) in [6.45, 7) is 3.99. The third-order valence-corrected chi connectivity index (χ3v) is 6.30. The fourth-order valence-corrected chi connectivity index (χ4v) is 5.96. The number of ether oxygens (including phenoxy) is 1. The molecular formula is C16H28N2O. The lowest BCUT2D eigenvalue weighted by Gasteiger charge is -2.61. The Morgan fingerprint density at radius 3 is 2.26 bits per heavy atom. The standard InChI is InChI=1S/C16H28N2O/c17-2-1-15-11-18(3-4-19-15)16-8-12-5-13(9-16)7-14(6-12)10-16/h12-15H,1-11,17H2. The summed E-state index contributed by atoms with van der Waals surface area (Å²) in [5, 5.41) is 0. The molecule has 1 aliphatic heterocycles. The van der Waals surface area contributed by atoms with Crippen LogP contribution in [0, 0.1) is 17.8 Å². The predicted octanol–water partition coefficient (Wildman–Crippen LogP) is 2.00. The molecular weight excluding hydrogens is 236 g/mol. The third kappa shape index (κ3) is 2.14. The highest BCUT2D eigenvalue weighted by atomic mass is 16.5. The van der Waals surface area contributed by atoms with Gasteiger partial charge in [0.15, 0.2) is 0 Å². The van der Waals surface area contributed by atoms with Crippen LogP contribution in [-0.4, -0.2) is 42.8 Å². The van der Waals surface area contributed by atoms with Gasteiger partial charge < -0.3 is 10.5 Å². The SMILES string of the molecule is NCCC1CN(C23CC4CC(CC(C4)C2)C3)CCO1. The van der Waals surface area contributed by atoms with Gasteiger partial charge in [0.1, 0.15) is 0 Å². The molecule has 0 aromatic carbocycles. The highest BCUT2D eigenvalue weighted by Gasteiger charge is 2.53. The molecule has 0 amide bonds. The Hall–Kier alpha value is -0.120. The average Bonchev–Trinajstić information content (AvgIpc) is 2.38. The van der Waals surface area contributed by atoms with Crippen LogP contribution in [0.1, 0.15) is 44.9 Å². The van der Waals surface area contributed by atoms with Crippen molar-refractivity contribution in [1.29, 1.82) is 0 Å². The Bertz CT molecular complexity index is 306. The maximum Gasteiger partial charge on any atom is 0.0714 e. The monoisotopic (exact) mass is 264 g/mol. The second-order valence-corrected chi connectivity index (χ2v) is 7.66. The minimum atomic E-state index is 0.395. The Labute approximate surface area is 116 Å². The van der Waals surface area contributed by atoms with E-state index in [1.54, 1.807) is 0 Å². The molecule has 0 aromatic rings. The van der Waals surface area contributed by atoms with Crippen molar-refractivity contribution in [2.45, 2.75) is 56.6 Å². The first kappa shape index (κ1) is 12.6. The maximum atomic E-state index is 5.89. The molecule has 0 spiro atoms. The maximum absolute atomic E-state index is 5.89. The minimum Gasteiger partial charge on any atom is -0.376 e. The molecule has 4 saturated carbocycles. The first-order valence-electron chi connectivity index (χ1n) is 8.34. The van der Waals surface area contributed by atoms with Crippen LogP contribution in [0.3, 0.4) is 0 Å². The van der Waals surface area contributed by atoms with Crippen molar-refractivity contribution in [1.82, 2.24) is 4.90 Å². The second-order valence-electron chi connectivity index (χ2n) is 7.66. The summed E-state index contributed by atoms with van der Waals surface area (Å²) in [5.41, 5.74) is 6.27. The summed E-state index contributed by atoms with van der Waals surface area (Å²) in [4.78, 5) is 2.82. The third-order valence-electron chi connectivity index (χ3n) is 6.30. The molecule has 4 aliphatic carbocycles. The molecule has 4 bridgehead atoms.